The number of hydrogen-bond acceptors (Lipinski definition) is 5. The Kier molecular flexibility index (Phi) is 7.11. The maximum Gasteiger partial charge on any atom is 0.343 e. The summed E-state index contributed by atoms with van der Waals surface area (Å²) >= 11 is 0. The number of nitrogens with zero attached hydrogens (tertiary/aromatic N) is 2. The number of benzene rings is 2. The molecule has 1 aliphatic carbocycles. The molecule has 1 saturated carbocycles. The van der Waals surface area contributed by atoms with Crippen LogP contribution in [0.1, 0.15) is 54.6 Å². The van der Waals surface area contributed by atoms with Crippen molar-refractivity contribution in [2.75, 3.05) is 19.8 Å². The number of fused-ring (bicyclic) bond motifs is 1. The van der Waals surface area contributed by atoms with Crippen LogP contribution in [0.3, 0.4) is 0 Å². The normalized spacial score (nSPS) is 18.2. The van der Waals surface area contributed by atoms with Crippen molar-refractivity contribution in [3.05, 3.63) is 87.7 Å². The lowest BCUT2D eigenvalue weighted by Gasteiger charge is -2.36. The van der Waals surface area contributed by atoms with E-state index >= 15 is 4.39 Å². The van der Waals surface area contributed by atoms with Crippen molar-refractivity contribution in [3.8, 4) is 5.75 Å². The van der Waals surface area contributed by atoms with E-state index in [9.17, 15) is 14.0 Å². The number of halogens is 2. The van der Waals surface area contributed by atoms with Crippen LogP contribution in [-0.2, 0) is 11.3 Å². The molecule has 2 heterocycles. The predicted octanol–water partition coefficient (Wildman–Crippen LogP) is 5.39. The highest BCUT2D eigenvalue weighted by atomic mass is 19.2. The van der Waals surface area contributed by atoms with E-state index in [1.165, 1.54) is 6.20 Å². The smallest absolute Gasteiger partial charge is 0.343 e. The second-order valence-corrected chi connectivity index (χ2v) is 9.75. The monoisotopic (exact) mass is 508 g/mol. The highest BCUT2D eigenvalue weighted by molar-refractivity contribution is 5.95. The number of likely N-dealkylation sites (tertiary alicyclic amines) is 1. The molecule has 37 heavy (non-hydrogen) atoms. The topological polar surface area (TPSA) is 60.8 Å². The summed E-state index contributed by atoms with van der Waals surface area (Å²) in [4.78, 5) is 27.9. The fourth-order valence-electron chi connectivity index (χ4n) is 4.98. The van der Waals surface area contributed by atoms with Gasteiger partial charge in [-0.1, -0.05) is 42.5 Å². The number of rotatable bonds is 8. The van der Waals surface area contributed by atoms with Gasteiger partial charge < -0.3 is 14.0 Å². The molecule has 0 spiro atoms. The number of ether oxygens (including phenoxy) is 2. The molecule has 194 valence electrons. The predicted molar refractivity (Wildman–Crippen MR) is 137 cm³/mol. The maximum atomic E-state index is 15.2. The fraction of sp³-hybridized carbons (Fsp3) is 0.379. The number of pyridine rings is 1. The standard InChI is InChI=1S/C29H30F2N2O4/c1-3-36-29(35)23-16-33(20-9-10-20)26-22(27(23)34)14-24(30)25(31)28(26)37-17-21-13-18(2)11-12-32(21)15-19-7-5-4-6-8-19/h4-8,14,16,20-21H,2-3,9-13,15,17H2,1H3/t21-/m0/s1. The minimum atomic E-state index is -1.20. The first kappa shape index (κ1) is 25.1. The number of piperidine rings is 1. The summed E-state index contributed by atoms with van der Waals surface area (Å²) in [6.45, 7) is 7.45. The van der Waals surface area contributed by atoms with Crippen molar-refractivity contribution < 1.29 is 23.0 Å². The van der Waals surface area contributed by atoms with Gasteiger partial charge in [0.25, 0.3) is 0 Å². The molecule has 1 atom stereocenters. The van der Waals surface area contributed by atoms with E-state index in [2.05, 4.69) is 23.6 Å². The van der Waals surface area contributed by atoms with Crippen LogP contribution in [0, 0.1) is 11.6 Å². The molecular weight excluding hydrogens is 478 g/mol. The molecule has 3 aromatic rings. The van der Waals surface area contributed by atoms with Gasteiger partial charge in [0.15, 0.2) is 11.6 Å². The molecule has 1 aromatic heterocycles. The zero-order valence-corrected chi connectivity index (χ0v) is 20.8. The van der Waals surface area contributed by atoms with Crippen LogP contribution in [0.2, 0.25) is 0 Å². The van der Waals surface area contributed by atoms with Crippen molar-refractivity contribution in [2.24, 2.45) is 0 Å². The number of esters is 1. The van der Waals surface area contributed by atoms with E-state index in [1.807, 2.05) is 18.2 Å². The quantitative estimate of drug-likeness (QED) is 0.302. The molecule has 8 heteroatoms. The van der Waals surface area contributed by atoms with Crippen LogP contribution in [0.15, 0.2) is 59.5 Å². The second kappa shape index (κ2) is 10.5. The Bertz CT molecular complexity index is 1400. The molecule has 5 rings (SSSR count). The van der Waals surface area contributed by atoms with E-state index in [0.29, 0.717) is 13.0 Å². The van der Waals surface area contributed by atoms with E-state index in [4.69, 9.17) is 9.47 Å². The van der Waals surface area contributed by atoms with Gasteiger partial charge >= 0.3 is 5.97 Å². The number of aromatic nitrogens is 1. The Morgan fingerprint density at radius 3 is 2.65 bits per heavy atom. The molecule has 2 fully saturated rings. The van der Waals surface area contributed by atoms with Crippen LogP contribution < -0.4 is 10.2 Å². The van der Waals surface area contributed by atoms with Crippen LogP contribution in [0.25, 0.3) is 10.9 Å². The summed E-state index contributed by atoms with van der Waals surface area (Å²) in [5.74, 6) is -3.43. The van der Waals surface area contributed by atoms with Crippen LogP contribution in [0.4, 0.5) is 8.78 Å². The van der Waals surface area contributed by atoms with Crippen molar-refractivity contribution in [3.63, 3.8) is 0 Å². The summed E-state index contributed by atoms with van der Waals surface area (Å²) in [6.07, 6.45) is 4.52. The summed E-state index contributed by atoms with van der Waals surface area (Å²) in [5.41, 5.74) is 1.50. The molecule has 1 saturated heterocycles. The first-order valence-electron chi connectivity index (χ1n) is 12.7. The van der Waals surface area contributed by atoms with Gasteiger partial charge in [0.1, 0.15) is 12.2 Å². The van der Waals surface area contributed by atoms with E-state index < -0.39 is 23.0 Å². The van der Waals surface area contributed by atoms with E-state index in [0.717, 1.165) is 43.0 Å². The maximum absolute atomic E-state index is 15.2. The van der Waals surface area contributed by atoms with Gasteiger partial charge in [-0.25, -0.2) is 9.18 Å². The molecule has 6 nitrogen and oxygen atoms in total. The molecule has 0 amide bonds. The minimum absolute atomic E-state index is 0.0347. The molecule has 0 unspecified atom stereocenters. The van der Waals surface area contributed by atoms with E-state index in [-0.39, 0.29) is 47.5 Å². The fourth-order valence-corrected chi connectivity index (χ4v) is 4.98. The van der Waals surface area contributed by atoms with Gasteiger partial charge in [-0.3, -0.25) is 9.69 Å². The average Bonchev–Trinajstić information content (AvgIpc) is 3.73. The zero-order chi connectivity index (χ0) is 26.1. The average molecular weight is 509 g/mol. The number of hydrogen-bond donors (Lipinski definition) is 0. The van der Waals surface area contributed by atoms with Gasteiger partial charge in [-0.05, 0) is 44.2 Å². The molecule has 2 aromatic carbocycles. The summed E-state index contributed by atoms with van der Waals surface area (Å²) in [5, 5.41) is -0.0967. The Morgan fingerprint density at radius 2 is 1.95 bits per heavy atom. The van der Waals surface area contributed by atoms with Gasteiger partial charge in [0, 0.05) is 31.4 Å². The second-order valence-electron chi connectivity index (χ2n) is 9.75. The summed E-state index contributed by atoms with van der Waals surface area (Å²) < 4.78 is 42.7. The summed E-state index contributed by atoms with van der Waals surface area (Å²) in [7, 11) is 0. The molecule has 0 N–H and O–H groups in total. The molecule has 0 radical (unpaired) electrons. The number of carbonyl (C=O) groups excluding carboxylic acids is 1. The third kappa shape index (κ3) is 5.16. The van der Waals surface area contributed by atoms with Crippen molar-refractivity contribution in [2.45, 2.75) is 51.2 Å². The Hall–Kier alpha value is -3.52. The number of carbonyl (C=O) groups is 1. The van der Waals surface area contributed by atoms with Crippen LogP contribution >= 0.6 is 0 Å². The Labute approximate surface area is 214 Å². The lowest BCUT2D eigenvalue weighted by atomic mass is 9.97. The Balaban J connectivity index is 1.52. The lowest BCUT2D eigenvalue weighted by molar-refractivity contribution is 0.0524. The molecule has 2 aliphatic rings. The van der Waals surface area contributed by atoms with Crippen LogP contribution in [0.5, 0.6) is 5.75 Å². The largest absolute Gasteiger partial charge is 0.487 e. The van der Waals surface area contributed by atoms with Gasteiger partial charge in [-0.15, -0.1) is 0 Å². The molecule has 0 bridgehead atoms. The first-order chi connectivity index (χ1) is 17.9. The highest BCUT2D eigenvalue weighted by Crippen LogP contribution is 2.41. The van der Waals surface area contributed by atoms with Gasteiger partial charge in [0.05, 0.1) is 17.5 Å². The highest BCUT2D eigenvalue weighted by Gasteiger charge is 2.32. The first-order valence-corrected chi connectivity index (χ1v) is 12.7. The Morgan fingerprint density at radius 1 is 1.19 bits per heavy atom. The van der Waals surface area contributed by atoms with Gasteiger partial charge in [-0.2, -0.15) is 4.39 Å². The van der Waals surface area contributed by atoms with E-state index in [1.54, 1.807) is 11.5 Å². The van der Waals surface area contributed by atoms with Crippen molar-refractivity contribution in [1.82, 2.24) is 9.47 Å². The third-order valence-electron chi connectivity index (χ3n) is 7.04. The third-order valence-corrected chi connectivity index (χ3v) is 7.04. The van der Waals surface area contributed by atoms with Gasteiger partial charge in [0.2, 0.25) is 11.2 Å². The lowest BCUT2D eigenvalue weighted by Crippen LogP contribution is -2.43. The van der Waals surface area contributed by atoms with Crippen LogP contribution in [-0.4, -0.2) is 41.2 Å². The molecule has 1 aliphatic heterocycles. The van der Waals surface area contributed by atoms with Crippen molar-refractivity contribution >= 4 is 16.9 Å². The van der Waals surface area contributed by atoms with Crippen molar-refractivity contribution in [1.29, 1.82) is 0 Å². The summed E-state index contributed by atoms with van der Waals surface area (Å²) in [6, 6.07) is 10.8. The SMILES string of the molecule is C=C1CCN(Cc2ccccc2)[C@H](COc2c(F)c(F)cc3c(=O)c(C(=O)OCC)cn(C4CC4)c23)C1. The minimum Gasteiger partial charge on any atom is -0.487 e. The molecular formula is C29H30F2N2O4. The zero-order valence-electron chi connectivity index (χ0n) is 20.8.